The Bertz CT molecular complexity index is 959. The number of rotatable bonds is 8. The molecular weight excluding hydrogens is 393 g/mol. The standard InChI is InChI=1S/C21H26FN3O3S/c1-29(27,28)25(20-11-5-4-10-19(20)22)16-21(26)23-14-17-8-2-3-9-18(17)15-24-12-6-7-13-24/h2-5,8-11H,6-7,12-16H2,1H3,(H,23,26). The van der Waals surface area contributed by atoms with Gasteiger partial charge in [-0.2, -0.15) is 0 Å². The molecule has 0 radical (unpaired) electrons. The molecule has 156 valence electrons. The Kier molecular flexibility index (Phi) is 6.87. The second-order valence-corrected chi connectivity index (χ2v) is 9.16. The Morgan fingerprint density at radius 1 is 1.07 bits per heavy atom. The average molecular weight is 420 g/mol. The lowest BCUT2D eigenvalue weighted by Gasteiger charge is -2.22. The maximum atomic E-state index is 14.1. The van der Waals surface area contributed by atoms with E-state index in [1.165, 1.54) is 37.1 Å². The topological polar surface area (TPSA) is 69.7 Å². The van der Waals surface area contributed by atoms with Crippen molar-refractivity contribution in [3.05, 3.63) is 65.5 Å². The Labute approximate surface area is 171 Å². The summed E-state index contributed by atoms with van der Waals surface area (Å²) in [6.07, 6.45) is 3.37. The molecule has 1 aliphatic heterocycles. The molecule has 1 N–H and O–H groups in total. The Morgan fingerprint density at radius 2 is 1.69 bits per heavy atom. The first-order chi connectivity index (χ1) is 13.8. The van der Waals surface area contributed by atoms with Gasteiger partial charge in [-0.05, 0) is 49.2 Å². The highest BCUT2D eigenvalue weighted by Crippen LogP contribution is 2.21. The van der Waals surface area contributed by atoms with Crippen molar-refractivity contribution < 1.29 is 17.6 Å². The van der Waals surface area contributed by atoms with Gasteiger partial charge in [-0.3, -0.25) is 14.0 Å². The number of sulfonamides is 1. The van der Waals surface area contributed by atoms with E-state index in [-0.39, 0.29) is 12.2 Å². The van der Waals surface area contributed by atoms with Gasteiger partial charge in [-0.15, -0.1) is 0 Å². The lowest BCUT2D eigenvalue weighted by molar-refractivity contribution is -0.119. The first-order valence-electron chi connectivity index (χ1n) is 9.62. The minimum Gasteiger partial charge on any atom is -0.350 e. The molecule has 0 bridgehead atoms. The summed E-state index contributed by atoms with van der Waals surface area (Å²) in [6, 6.07) is 13.4. The molecule has 0 aromatic heterocycles. The number of hydrogen-bond donors (Lipinski definition) is 1. The molecule has 2 aromatic carbocycles. The molecule has 0 atom stereocenters. The molecule has 1 saturated heterocycles. The fourth-order valence-electron chi connectivity index (χ4n) is 3.48. The number of benzene rings is 2. The maximum absolute atomic E-state index is 14.1. The van der Waals surface area contributed by atoms with Crippen molar-refractivity contribution in [2.45, 2.75) is 25.9 Å². The molecule has 8 heteroatoms. The predicted molar refractivity (Wildman–Crippen MR) is 111 cm³/mol. The van der Waals surface area contributed by atoms with E-state index in [0.29, 0.717) is 0 Å². The van der Waals surface area contributed by atoms with Crippen LogP contribution in [0.15, 0.2) is 48.5 Å². The van der Waals surface area contributed by atoms with Crippen LogP contribution in [-0.2, 0) is 27.9 Å². The van der Waals surface area contributed by atoms with Crippen LogP contribution in [0.4, 0.5) is 10.1 Å². The summed E-state index contributed by atoms with van der Waals surface area (Å²) in [7, 11) is -3.82. The molecule has 1 fully saturated rings. The van der Waals surface area contributed by atoms with Crippen LogP contribution in [0.1, 0.15) is 24.0 Å². The number of halogens is 1. The van der Waals surface area contributed by atoms with Crippen molar-refractivity contribution in [3.8, 4) is 0 Å². The number of anilines is 1. The van der Waals surface area contributed by atoms with Crippen molar-refractivity contribution in [2.75, 3.05) is 30.2 Å². The van der Waals surface area contributed by atoms with Crippen LogP contribution in [0.5, 0.6) is 0 Å². The van der Waals surface area contributed by atoms with E-state index in [1.54, 1.807) is 0 Å². The first-order valence-corrected chi connectivity index (χ1v) is 11.5. The molecule has 2 aromatic rings. The molecule has 0 unspecified atom stereocenters. The van der Waals surface area contributed by atoms with Crippen LogP contribution in [0, 0.1) is 5.82 Å². The van der Waals surface area contributed by atoms with Crippen LogP contribution >= 0.6 is 0 Å². The molecule has 1 amide bonds. The molecule has 6 nitrogen and oxygen atoms in total. The van der Waals surface area contributed by atoms with E-state index < -0.39 is 28.3 Å². The number of carbonyl (C=O) groups is 1. The highest BCUT2D eigenvalue weighted by molar-refractivity contribution is 7.92. The van der Waals surface area contributed by atoms with E-state index in [1.807, 2.05) is 24.3 Å². The van der Waals surface area contributed by atoms with Crippen molar-refractivity contribution in [1.29, 1.82) is 0 Å². The Hall–Kier alpha value is -2.45. The highest BCUT2D eigenvalue weighted by atomic mass is 32.2. The van der Waals surface area contributed by atoms with Crippen LogP contribution in [0.2, 0.25) is 0 Å². The maximum Gasteiger partial charge on any atom is 0.241 e. The van der Waals surface area contributed by atoms with Crippen LogP contribution in [0.25, 0.3) is 0 Å². The van der Waals surface area contributed by atoms with Crippen molar-refractivity contribution >= 4 is 21.6 Å². The zero-order valence-corrected chi connectivity index (χ0v) is 17.3. The summed E-state index contributed by atoms with van der Waals surface area (Å²) in [4.78, 5) is 14.8. The average Bonchev–Trinajstić information content (AvgIpc) is 3.18. The highest BCUT2D eigenvalue weighted by Gasteiger charge is 2.23. The third-order valence-electron chi connectivity index (χ3n) is 5.00. The molecule has 3 rings (SSSR count). The number of carbonyl (C=O) groups excluding carboxylic acids is 1. The van der Waals surface area contributed by atoms with Gasteiger partial charge < -0.3 is 5.32 Å². The Morgan fingerprint density at radius 3 is 2.34 bits per heavy atom. The second-order valence-electron chi connectivity index (χ2n) is 7.25. The van der Waals surface area contributed by atoms with E-state index in [2.05, 4.69) is 10.2 Å². The third kappa shape index (κ3) is 5.77. The molecule has 1 heterocycles. The minimum atomic E-state index is -3.82. The monoisotopic (exact) mass is 419 g/mol. The summed E-state index contributed by atoms with van der Waals surface area (Å²) in [5.41, 5.74) is 1.99. The summed E-state index contributed by atoms with van der Waals surface area (Å²) < 4.78 is 39.1. The van der Waals surface area contributed by atoms with Gasteiger partial charge in [0.15, 0.2) is 0 Å². The van der Waals surface area contributed by atoms with E-state index >= 15 is 0 Å². The molecule has 29 heavy (non-hydrogen) atoms. The minimum absolute atomic E-state index is 0.139. The molecule has 0 spiro atoms. The van der Waals surface area contributed by atoms with Gasteiger partial charge in [0.2, 0.25) is 15.9 Å². The third-order valence-corrected chi connectivity index (χ3v) is 6.12. The summed E-state index contributed by atoms with van der Waals surface area (Å²) in [5.74, 6) is -1.18. The van der Waals surface area contributed by atoms with Crippen LogP contribution in [0.3, 0.4) is 0 Å². The SMILES string of the molecule is CS(=O)(=O)N(CC(=O)NCc1ccccc1CN1CCCC1)c1ccccc1F. The van der Waals surface area contributed by atoms with Crippen LogP contribution in [-0.4, -0.2) is 45.1 Å². The zero-order chi connectivity index (χ0) is 20.9. The number of likely N-dealkylation sites (tertiary alicyclic amines) is 1. The van der Waals surface area contributed by atoms with Crippen molar-refractivity contribution in [2.24, 2.45) is 0 Å². The summed E-state index contributed by atoms with van der Waals surface area (Å²) in [6.45, 7) is 2.79. The fraction of sp³-hybridized carbons (Fsp3) is 0.381. The van der Waals surface area contributed by atoms with Gasteiger partial charge in [0, 0.05) is 13.1 Å². The molecule has 0 saturated carbocycles. The second kappa shape index (κ2) is 9.37. The van der Waals surface area contributed by atoms with Gasteiger partial charge in [-0.25, -0.2) is 12.8 Å². The van der Waals surface area contributed by atoms with Gasteiger partial charge in [0.25, 0.3) is 0 Å². The fourth-order valence-corrected chi connectivity index (χ4v) is 4.34. The lowest BCUT2D eigenvalue weighted by atomic mass is 10.1. The number of nitrogens with zero attached hydrogens (tertiary/aromatic N) is 2. The van der Waals surface area contributed by atoms with Crippen LogP contribution < -0.4 is 9.62 Å². The normalized spacial score (nSPS) is 14.7. The smallest absolute Gasteiger partial charge is 0.241 e. The molecule has 0 aliphatic carbocycles. The van der Waals surface area contributed by atoms with Gasteiger partial charge in [0.1, 0.15) is 12.4 Å². The van der Waals surface area contributed by atoms with Gasteiger partial charge in [-0.1, -0.05) is 36.4 Å². The Balaban J connectivity index is 1.66. The van der Waals surface area contributed by atoms with Gasteiger partial charge >= 0.3 is 0 Å². The van der Waals surface area contributed by atoms with E-state index in [0.717, 1.165) is 41.3 Å². The summed E-state index contributed by atoms with van der Waals surface area (Å²) in [5, 5.41) is 2.77. The van der Waals surface area contributed by atoms with E-state index in [4.69, 9.17) is 0 Å². The number of hydrogen-bond acceptors (Lipinski definition) is 4. The van der Waals surface area contributed by atoms with Gasteiger partial charge in [0.05, 0.1) is 11.9 Å². The van der Waals surface area contributed by atoms with E-state index in [9.17, 15) is 17.6 Å². The lowest BCUT2D eigenvalue weighted by Crippen LogP contribution is -2.40. The molecular formula is C21H26FN3O3S. The number of amides is 1. The summed E-state index contributed by atoms with van der Waals surface area (Å²) >= 11 is 0. The van der Waals surface area contributed by atoms with Crippen molar-refractivity contribution in [1.82, 2.24) is 10.2 Å². The number of para-hydroxylation sites is 1. The quantitative estimate of drug-likeness (QED) is 0.714. The zero-order valence-electron chi connectivity index (χ0n) is 16.5. The predicted octanol–water partition coefficient (Wildman–Crippen LogP) is 2.50. The molecule has 1 aliphatic rings. The number of nitrogens with one attached hydrogen (secondary N) is 1. The first kappa shape index (κ1) is 21.3. The van der Waals surface area contributed by atoms with Crippen molar-refractivity contribution in [3.63, 3.8) is 0 Å². The largest absolute Gasteiger partial charge is 0.350 e.